The molecule has 20 heavy (non-hydrogen) atoms. The molecule has 0 aliphatic carbocycles. The van der Waals surface area contributed by atoms with Crippen LogP contribution in [0.5, 0.6) is 0 Å². The van der Waals surface area contributed by atoms with Crippen molar-refractivity contribution in [2.45, 2.75) is 4.90 Å². The average Bonchev–Trinajstić information content (AvgIpc) is 2.31. The minimum atomic E-state index is -5.47. The van der Waals surface area contributed by atoms with Crippen LogP contribution < -0.4 is 0 Å². The summed E-state index contributed by atoms with van der Waals surface area (Å²) in [5.74, 6) is -12.8. The Labute approximate surface area is 110 Å². The van der Waals surface area contributed by atoms with Gasteiger partial charge in [0, 0.05) is 7.05 Å². The Morgan fingerprint density at radius 3 is 1.35 bits per heavy atom. The van der Waals surface area contributed by atoms with Gasteiger partial charge in [-0.3, -0.25) is 0 Å². The molecule has 1 rings (SSSR count). The second kappa shape index (κ2) is 4.93. The third-order valence-electron chi connectivity index (χ3n) is 2.23. The number of hydrogen-bond donors (Lipinski definition) is 0. The molecule has 12 heteroatoms. The number of nitrogens with zero attached hydrogens (tertiary/aromatic N) is 1. The van der Waals surface area contributed by atoms with E-state index in [0.29, 0.717) is 13.3 Å². The third kappa shape index (κ3) is 2.50. The van der Waals surface area contributed by atoms with Gasteiger partial charge < -0.3 is 0 Å². The molecule has 0 bridgehead atoms. The summed E-state index contributed by atoms with van der Waals surface area (Å²) in [5, 5.41) is 0. The molecule has 0 N–H and O–H groups in total. The van der Waals surface area contributed by atoms with Crippen LogP contribution in [0.25, 0.3) is 0 Å². The number of hydrogen-bond acceptors (Lipinski definition) is 4. The molecule has 0 unspecified atom stereocenters. The van der Waals surface area contributed by atoms with Gasteiger partial charge >= 0.3 is 0 Å². The lowest BCUT2D eigenvalue weighted by atomic mass is 10.3. The van der Waals surface area contributed by atoms with Gasteiger partial charge in [-0.2, -0.15) is 0 Å². The zero-order valence-electron chi connectivity index (χ0n) is 9.79. The van der Waals surface area contributed by atoms with Crippen molar-refractivity contribution in [3.8, 4) is 0 Å². The molecule has 0 aliphatic heterocycles. The Morgan fingerprint density at radius 2 is 1.05 bits per heavy atom. The second-order valence-electron chi connectivity index (χ2n) is 3.55. The molecule has 0 aromatic heterocycles. The Hall–Kier alpha value is -1.27. The normalized spacial score (nSPS) is 13.0. The molecule has 0 atom stereocenters. The molecule has 0 fully saturated rings. The van der Waals surface area contributed by atoms with Gasteiger partial charge in [-0.25, -0.2) is 38.8 Å². The summed E-state index contributed by atoms with van der Waals surface area (Å²) in [4.78, 5) is -2.23. The predicted octanol–water partition coefficient (Wildman–Crippen LogP) is 0.962. The van der Waals surface area contributed by atoms with Gasteiger partial charge in [0.05, 0.1) is 6.26 Å². The van der Waals surface area contributed by atoms with Gasteiger partial charge in [0.2, 0.25) is 15.8 Å². The van der Waals surface area contributed by atoms with E-state index in [2.05, 4.69) is 0 Å². The van der Waals surface area contributed by atoms with E-state index in [4.69, 9.17) is 0 Å². The zero-order chi connectivity index (χ0) is 16.0. The SMILES string of the molecule is CN(S(C)(=O)=O)S(=O)(=O)c1c(F)c(F)c(F)c(F)c1F. The average molecular weight is 339 g/mol. The topological polar surface area (TPSA) is 71.5 Å². The van der Waals surface area contributed by atoms with E-state index < -0.39 is 57.7 Å². The minimum absolute atomic E-state index is 0.372. The zero-order valence-corrected chi connectivity index (χ0v) is 11.4. The summed E-state index contributed by atoms with van der Waals surface area (Å²) in [5.41, 5.74) is 0. The first-order chi connectivity index (χ1) is 8.83. The summed E-state index contributed by atoms with van der Waals surface area (Å²) in [7, 11) is -9.58. The summed E-state index contributed by atoms with van der Waals surface area (Å²) < 4.78 is 110. The van der Waals surface area contributed by atoms with Gasteiger partial charge in [0.25, 0.3) is 10.0 Å². The van der Waals surface area contributed by atoms with E-state index in [1.807, 2.05) is 0 Å². The van der Waals surface area contributed by atoms with Crippen molar-refractivity contribution in [3.05, 3.63) is 29.1 Å². The Morgan fingerprint density at radius 1 is 0.750 bits per heavy atom. The van der Waals surface area contributed by atoms with Crippen molar-refractivity contribution in [2.75, 3.05) is 13.3 Å². The highest BCUT2D eigenvalue weighted by atomic mass is 32.3. The number of rotatable bonds is 3. The Bertz CT molecular complexity index is 746. The summed E-state index contributed by atoms with van der Waals surface area (Å²) in [6, 6.07) is 0. The maximum atomic E-state index is 13.3. The largest absolute Gasteiger partial charge is 0.261 e. The summed E-state index contributed by atoms with van der Waals surface area (Å²) in [6.45, 7) is 0. The maximum Gasteiger partial charge on any atom is 0.261 e. The van der Waals surface area contributed by atoms with Gasteiger partial charge in [-0.15, -0.1) is 0 Å². The minimum Gasteiger partial charge on any atom is -0.212 e. The van der Waals surface area contributed by atoms with Crippen molar-refractivity contribution in [1.82, 2.24) is 3.71 Å². The van der Waals surface area contributed by atoms with Crippen LogP contribution in [0, 0.1) is 29.1 Å². The molecular formula is C8H6F5NO4S2. The number of sulfonamides is 2. The molecule has 0 spiro atoms. The van der Waals surface area contributed by atoms with Crippen molar-refractivity contribution in [3.63, 3.8) is 0 Å². The summed E-state index contributed by atoms with van der Waals surface area (Å²) in [6.07, 6.45) is 0.372. The third-order valence-corrected chi connectivity index (χ3v) is 6.12. The highest BCUT2D eigenvalue weighted by molar-refractivity contribution is 8.03. The van der Waals surface area contributed by atoms with Crippen LogP contribution in [0.3, 0.4) is 0 Å². The molecule has 1 aromatic carbocycles. The van der Waals surface area contributed by atoms with Gasteiger partial charge in [-0.1, -0.05) is 3.71 Å². The number of halogens is 5. The van der Waals surface area contributed by atoms with Crippen LogP contribution in [0.15, 0.2) is 4.90 Å². The lowest BCUT2D eigenvalue weighted by Crippen LogP contribution is -2.34. The van der Waals surface area contributed by atoms with E-state index >= 15 is 0 Å². The molecule has 5 nitrogen and oxygen atoms in total. The van der Waals surface area contributed by atoms with E-state index in [9.17, 15) is 38.8 Å². The van der Waals surface area contributed by atoms with Crippen molar-refractivity contribution < 1.29 is 38.8 Å². The predicted molar refractivity (Wildman–Crippen MR) is 56.0 cm³/mol. The van der Waals surface area contributed by atoms with E-state index in [-0.39, 0.29) is 0 Å². The molecule has 0 heterocycles. The first-order valence-corrected chi connectivity index (χ1v) is 7.82. The van der Waals surface area contributed by atoms with E-state index in [0.717, 1.165) is 0 Å². The fraction of sp³-hybridized carbons (Fsp3) is 0.250. The van der Waals surface area contributed by atoms with Crippen molar-refractivity contribution in [1.29, 1.82) is 0 Å². The van der Waals surface area contributed by atoms with Crippen LogP contribution in [-0.2, 0) is 20.0 Å². The fourth-order valence-electron chi connectivity index (χ4n) is 1.12. The first-order valence-electron chi connectivity index (χ1n) is 4.54. The molecule has 0 aliphatic rings. The van der Waals surface area contributed by atoms with Crippen LogP contribution in [0.2, 0.25) is 0 Å². The highest BCUT2D eigenvalue weighted by Crippen LogP contribution is 2.29. The van der Waals surface area contributed by atoms with Crippen LogP contribution >= 0.6 is 0 Å². The number of benzene rings is 1. The molecule has 0 radical (unpaired) electrons. The molecular weight excluding hydrogens is 333 g/mol. The van der Waals surface area contributed by atoms with Crippen LogP contribution in [-0.4, -0.2) is 33.8 Å². The molecule has 0 saturated carbocycles. The Balaban J connectivity index is 3.82. The molecule has 114 valence electrons. The standard InChI is InChI=1S/C8H6F5NO4S2/c1-14(19(2,15)16)20(17,18)8-6(12)4(10)3(9)5(11)7(8)13/h1-2H3. The first kappa shape index (κ1) is 16.8. The smallest absolute Gasteiger partial charge is 0.212 e. The Kier molecular flexibility index (Phi) is 4.14. The van der Waals surface area contributed by atoms with Gasteiger partial charge in [-0.05, 0) is 0 Å². The molecule has 1 aromatic rings. The maximum absolute atomic E-state index is 13.3. The second-order valence-corrected chi connectivity index (χ2v) is 7.70. The quantitative estimate of drug-likeness (QED) is 0.467. The van der Waals surface area contributed by atoms with E-state index in [1.54, 1.807) is 0 Å². The van der Waals surface area contributed by atoms with Crippen molar-refractivity contribution in [2.24, 2.45) is 0 Å². The van der Waals surface area contributed by atoms with Gasteiger partial charge in [0.1, 0.15) is 0 Å². The highest BCUT2D eigenvalue weighted by Gasteiger charge is 2.38. The van der Waals surface area contributed by atoms with Crippen LogP contribution in [0.4, 0.5) is 22.0 Å². The monoisotopic (exact) mass is 339 g/mol. The van der Waals surface area contributed by atoms with E-state index in [1.165, 1.54) is 0 Å². The fourth-order valence-corrected chi connectivity index (χ4v) is 3.66. The van der Waals surface area contributed by atoms with Crippen LogP contribution in [0.1, 0.15) is 0 Å². The lowest BCUT2D eigenvalue weighted by molar-refractivity contribution is 0.356. The van der Waals surface area contributed by atoms with Gasteiger partial charge in [0.15, 0.2) is 28.2 Å². The van der Waals surface area contributed by atoms with Crippen molar-refractivity contribution >= 4 is 20.0 Å². The molecule has 0 amide bonds. The molecule has 0 saturated heterocycles. The lowest BCUT2D eigenvalue weighted by Gasteiger charge is -2.16. The summed E-state index contributed by atoms with van der Waals surface area (Å²) >= 11 is 0.